The minimum Gasteiger partial charge on any atom is -0.383 e. The minimum atomic E-state index is -0.345. The van der Waals surface area contributed by atoms with E-state index in [4.69, 9.17) is 5.73 Å². The van der Waals surface area contributed by atoms with Gasteiger partial charge in [-0.3, -0.25) is 4.98 Å². The molecule has 1 unspecified atom stereocenters. The molecule has 5 heteroatoms. The molecule has 0 bridgehead atoms. The Bertz CT molecular complexity index is 586. The number of halogens is 1. The molecular weight excluding hydrogens is 255 g/mol. The van der Waals surface area contributed by atoms with Gasteiger partial charge in [-0.2, -0.15) is 0 Å². The van der Waals surface area contributed by atoms with E-state index >= 15 is 0 Å². The van der Waals surface area contributed by atoms with Gasteiger partial charge >= 0.3 is 0 Å². The van der Waals surface area contributed by atoms with Gasteiger partial charge in [0.1, 0.15) is 11.6 Å². The molecule has 0 aliphatic carbocycles. The van der Waals surface area contributed by atoms with E-state index in [0.29, 0.717) is 11.4 Å². The Morgan fingerprint density at radius 1 is 1.35 bits per heavy atom. The molecule has 0 saturated heterocycles. The maximum atomic E-state index is 14.0. The lowest BCUT2D eigenvalue weighted by molar-refractivity contribution is 0.543. The minimum absolute atomic E-state index is 0.314. The van der Waals surface area contributed by atoms with Crippen molar-refractivity contribution in [3.05, 3.63) is 53.2 Å². The lowest BCUT2D eigenvalue weighted by Crippen LogP contribution is -2.25. The van der Waals surface area contributed by atoms with Crippen LogP contribution in [0.15, 0.2) is 30.7 Å². The van der Waals surface area contributed by atoms with Crippen molar-refractivity contribution in [2.24, 2.45) is 0 Å². The zero-order chi connectivity index (χ0) is 14.5. The second kappa shape index (κ2) is 6.43. The number of aromatic nitrogens is 2. The van der Waals surface area contributed by atoms with Crippen molar-refractivity contribution in [1.29, 1.82) is 0 Å². The van der Waals surface area contributed by atoms with Crippen molar-refractivity contribution in [2.75, 3.05) is 12.3 Å². The zero-order valence-corrected chi connectivity index (χ0v) is 11.7. The molecule has 2 aromatic heterocycles. The maximum Gasteiger partial charge on any atom is 0.146 e. The van der Waals surface area contributed by atoms with Crippen molar-refractivity contribution in [1.82, 2.24) is 15.3 Å². The topological polar surface area (TPSA) is 63.8 Å². The molecule has 2 rings (SSSR count). The highest BCUT2D eigenvalue weighted by Crippen LogP contribution is 2.27. The van der Waals surface area contributed by atoms with Crippen LogP contribution in [-0.2, 0) is 0 Å². The third-order valence-corrected chi connectivity index (χ3v) is 3.11. The number of hydrogen-bond acceptors (Lipinski definition) is 4. The summed E-state index contributed by atoms with van der Waals surface area (Å²) in [7, 11) is 0. The molecule has 2 aromatic rings. The smallest absolute Gasteiger partial charge is 0.146 e. The predicted molar refractivity (Wildman–Crippen MR) is 77.7 cm³/mol. The summed E-state index contributed by atoms with van der Waals surface area (Å²) in [6.07, 6.45) is 5.45. The average Bonchev–Trinajstić information content (AvgIpc) is 2.44. The fourth-order valence-electron chi connectivity index (χ4n) is 2.13. The van der Waals surface area contributed by atoms with Crippen LogP contribution in [0, 0.1) is 12.7 Å². The fraction of sp³-hybridized carbons (Fsp3) is 0.333. The number of nitrogen functional groups attached to an aromatic ring is 1. The molecule has 0 amide bonds. The quantitative estimate of drug-likeness (QED) is 0.879. The van der Waals surface area contributed by atoms with E-state index in [-0.39, 0.29) is 11.9 Å². The average molecular weight is 274 g/mol. The fourth-order valence-corrected chi connectivity index (χ4v) is 2.13. The van der Waals surface area contributed by atoms with Gasteiger partial charge in [0.2, 0.25) is 0 Å². The molecule has 0 aliphatic heterocycles. The Hall–Kier alpha value is -2.01. The van der Waals surface area contributed by atoms with Gasteiger partial charge in [0.15, 0.2) is 0 Å². The SMILES string of the molecule is CCCNC(c1ccncc1F)c1cc(C)cnc1N. The highest BCUT2D eigenvalue weighted by molar-refractivity contribution is 5.47. The molecule has 0 saturated carbocycles. The van der Waals surface area contributed by atoms with Crippen LogP contribution in [-0.4, -0.2) is 16.5 Å². The van der Waals surface area contributed by atoms with Crippen LogP contribution in [0.3, 0.4) is 0 Å². The molecule has 3 N–H and O–H groups in total. The number of nitrogens with two attached hydrogens (primary N) is 1. The highest BCUT2D eigenvalue weighted by Gasteiger charge is 2.20. The molecule has 2 heterocycles. The van der Waals surface area contributed by atoms with Crippen LogP contribution in [0.4, 0.5) is 10.2 Å². The number of anilines is 1. The van der Waals surface area contributed by atoms with Gasteiger partial charge < -0.3 is 11.1 Å². The van der Waals surface area contributed by atoms with Crippen LogP contribution in [0.5, 0.6) is 0 Å². The van der Waals surface area contributed by atoms with Gasteiger partial charge in [-0.15, -0.1) is 0 Å². The van der Waals surface area contributed by atoms with Crippen LogP contribution in [0.25, 0.3) is 0 Å². The highest BCUT2D eigenvalue weighted by atomic mass is 19.1. The van der Waals surface area contributed by atoms with Gasteiger partial charge in [-0.1, -0.05) is 6.92 Å². The summed E-state index contributed by atoms with van der Waals surface area (Å²) < 4.78 is 14.0. The van der Waals surface area contributed by atoms with Gasteiger partial charge in [-0.05, 0) is 37.6 Å². The Morgan fingerprint density at radius 2 is 2.15 bits per heavy atom. The number of pyridine rings is 2. The normalized spacial score (nSPS) is 12.3. The number of aryl methyl sites for hydroxylation is 1. The molecule has 1 atom stereocenters. The lowest BCUT2D eigenvalue weighted by Gasteiger charge is -2.21. The van der Waals surface area contributed by atoms with Crippen molar-refractivity contribution in [3.63, 3.8) is 0 Å². The van der Waals surface area contributed by atoms with E-state index in [1.807, 2.05) is 13.0 Å². The van der Waals surface area contributed by atoms with Crippen LogP contribution >= 0.6 is 0 Å². The first-order chi connectivity index (χ1) is 9.63. The van der Waals surface area contributed by atoms with Crippen molar-refractivity contribution in [3.8, 4) is 0 Å². The van der Waals surface area contributed by atoms with E-state index in [9.17, 15) is 4.39 Å². The molecule has 106 valence electrons. The van der Waals surface area contributed by atoms with Crippen molar-refractivity contribution in [2.45, 2.75) is 26.3 Å². The number of nitrogens with one attached hydrogen (secondary N) is 1. The Morgan fingerprint density at radius 3 is 2.85 bits per heavy atom. The molecule has 0 aromatic carbocycles. The molecule has 0 aliphatic rings. The standard InChI is InChI=1S/C15H19FN4/c1-3-5-19-14(11-4-6-18-9-13(11)16)12-7-10(2)8-20-15(12)17/h4,6-9,14,19H,3,5H2,1-2H3,(H2,17,20). The molecule has 20 heavy (non-hydrogen) atoms. The summed E-state index contributed by atoms with van der Waals surface area (Å²) in [6, 6.07) is 3.30. The Balaban J connectivity index is 2.47. The van der Waals surface area contributed by atoms with Crippen molar-refractivity contribution >= 4 is 5.82 Å². The van der Waals surface area contributed by atoms with E-state index in [1.54, 1.807) is 18.5 Å². The lowest BCUT2D eigenvalue weighted by atomic mass is 9.98. The Kier molecular flexibility index (Phi) is 4.63. The van der Waals surface area contributed by atoms with Crippen LogP contribution in [0.1, 0.15) is 36.1 Å². The first-order valence-corrected chi connectivity index (χ1v) is 6.68. The summed E-state index contributed by atoms with van der Waals surface area (Å²) >= 11 is 0. The summed E-state index contributed by atoms with van der Waals surface area (Å²) in [5, 5.41) is 3.32. The molecule has 0 fully saturated rings. The Labute approximate surface area is 118 Å². The van der Waals surface area contributed by atoms with Crippen LogP contribution < -0.4 is 11.1 Å². The second-order valence-electron chi connectivity index (χ2n) is 4.77. The van der Waals surface area contributed by atoms with Gasteiger partial charge in [0.05, 0.1) is 12.2 Å². The second-order valence-corrected chi connectivity index (χ2v) is 4.77. The van der Waals surface area contributed by atoms with Gasteiger partial charge in [-0.25, -0.2) is 9.37 Å². The summed E-state index contributed by atoms with van der Waals surface area (Å²) in [5.74, 6) is 0.0717. The zero-order valence-electron chi connectivity index (χ0n) is 11.7. The van der Waals surface area contributed by atoms with E-state index in [0.717, 1.165) is 24.1 Å². The molecule has 4 nitrogen and oxygen atoms in total. The molecule has 0 spiro atoms. The largest absolute Gasteiger partial charge is 0.383 e. The molecular formula is C15H19FN4. The van der Waals surface area contributed by atoms with Gasteiger partial charge in [0, 0.05) is 23.5 Å². The predicted octanol–water partition coefficient (Wildman–Crippen LogP) is 2.60. The van der Waals surface area contributed by atoms with E-state index in [2.05, 4.69) is 22.2 Å². The number of rotatable bonds is 5. The number of hydrogen-bond donors (Lipinski definition) is 2. The first kappa shape index (κ1) is 14.4. The summed E-state index contributed by atoms with van der Waals surface area (Å²) in [4.78, 5) is 7.95. The summed E-state index contributed by atoms with van der Waals surface area (Å²) in [6.45, 7) is 4.76. The third kappa shape index (κ3) is 3.11. The number of nitrogens with zero attached hydrogens (tertiary/aromatic N) is 2. The molecule has 0 radical (unpaired) electrons. The first-order valence-electron chi connectivity index (χ1n) is 6.68. The van der Waals surface area contributed by atoms with E-state index in [1.165, 1.54) is 6.20 Å². The maximum absolute atomic E-state index is 14.0. The van der Waals surface area contributed by atoms with Crippen molar-refractivity contribution < 1.29 is 4.39 Å². The monoisotopic (exact) mass is 274 g/mol. The van der Waals surface area contributed by atoms with E-state index < -0.39 is 0 Å². The summed E-state index contributed by atoms with van der Waals surface area (Å²) in [5.41, 5.74) is 8.28. The van der Waals surface area contributed by atoms with Crippen LogP contribution in [0.2, 0.25) is 0 Å². The van der Waals surface area contributed by atoms with Gasteiger partial charge in [0.25, 0.3) is 0 Å². The third-order valence-electron chi connectivity index (χ3n) is 3.11.